The average molecular weight is 249 g/mol. The zero-order chi connectivity index (χ0) is 13.0. The Morgan fingerprint density at radius 1 is 1.22 bits per heavy atom. The highest BCUT2D eigenvalue weighted by Crippen LogP contribution is 2.19. The summed E-state index contributed by atoms with van der Waals surface area (Å²) in [5.41, 5.74) is 2.26. The first-order chi connectivity index (χ1) is 8.74. The molecule has 98 valence electrons. The number of aliphatic hydroxyl groups is 1. The molecule has 0 saturated carbocycles. The molecule has 1 heterocycles. The molecule has 18 heavy (non-hydrogen) atoms. The quantitative estimate of drug-likeness (QED) is 0.812. The Morgan fingerprint density at radius 3 is 2.33 bits per heavy atom. The zero-order valence-electron chi connectivity index (χ0n) is 10.6. The molecule has 0 bridgehead atoms. The molecule has 1 aromatic rings. The normalized spacial score (nSPS) is 15.7. The monoisotopic (exact) mass is 249 g/mol. The molecule has 5 nitrogen and oxygen atoms in total. The van der Waals surface area contributed by atoms with Crippen molar-refractivity contribution in [3.8, 4) is 0 Å². The highest BCUT2D eigenvalue weighted by Gasteiger charge is 2.20. The third kappa shape index (κ3) is 2.73. The van der Waals surface area contributed by atoms with Crippen LogP contribution in [0.3, 0.4) is 0 Å². The molecule has 5 heteroatoms. The summed E-state index contributed by atoms with van der Waals surface area (Å²) < 4.78 is 0. The topological polar surface area (TPSA) is 55.8 Å². The van der Waals surface area contributed by atoms with E-state index >= 15 is 0 Å². The van der Waals surface area contributed by atoms with E-state index in [0.717, 1.165) is 18.8 Å². The van der Waals surface area contributed by atoms with Crippen molar-refractivity contribution in [1.29, 1.82) is 0 Å². The molecular formula is C13H19N3O2. The lowest BCUT2D eigenvalue weighted by Gasteiger charge is -2.35. The van der Waals surface area contributed by atoms with Crippen molar-refractivity contribution >= 4 is 17.3 Å². The standard InChI is InChI=1S/C13H19N3O2/c1-14-11-2-4-12(5-3-11)15-6-8-16(9-7-15)13(18)10-17/h2-5,14,17H,6-10H2,1H3. The molecule has 1 fully saturated rings. The Bertz CT molecular complexity index is 397. The Morgan fingerprint density at radius 2 is 1.83 bits per heavy atom. The summed E-state index contributed by atoms with van der Waals surface area (Å²) in [6.45, 7) is 2.58. The zero-order valence-corrected chi connectivity index (χ0v) is 10.6. The van der Waals surface area contributed by atoms with Crippen LogP contribution >= 0.6 is 0 Å². The van der Waals surface area contributed by atoms with Crippen LogP contribution < -0.4 is 10.2 Å². The van der Waals surface area contributed by atoms with E-state index in [9.17, 15) is 4.79 Å². The van der Waals surface area contributed by atoms with Gasteiger partial charge in [0.25, 0.3) is 0 Å². The van der Waals surface area contributed by atoms with E-state index < -0.39 is 6.61 Å². The molecule has 2 N–H and O–H groups in total. The molecule has 1 amide bonds. The average Bonchev–Trinajstić information content (AvgIpc) is 2.47. The van der Waals surface area contributed by atoms with Crippen molar-refractivity contribution in [2.24, 2.45) is 0 Å². The molecule has 0 atom stereocenters. The lowest BCUT2D eigenvalue weighted by molar-refractivity contribution is -0.134. The van der Waals surface area contributed by atoms with Gasteiger partial charge < -0.3 is 20.2 Å². The fourth-order valence-corrected chi connectivity index (χ4v) is 2.15. The van der Waals surface area contributed by atoms with E-state index in [2.05, 4.69) is 22.3 Å². The minimum atomic E-state index is -0.392. The van der Waals surface area contributed by atoms with Gasteiger partial charge in [-0.05, 0) is 24.3 Å². The minimum Gasteiger partial charge on any atom is -0.388 e. The number of carbonyl (C=O) groups is 1. The van der Waals surface area contributed by atoms with Crippen LogP contribution in [-0.2, 0) is 4.79 Å². The predicted octanol–water partition coefficient (Wildman–Crippen LogP) is 0.369. The minimum absolute atomic E-state index is 0.180. The summed E-state index contributed by atoms with van der Waals surface area (Å²) in [7, 11) is 1.90. The maximum atomic E-state index is 11.3. The number of anilines is 2. The number of aliphatic hydroxyl groups excluding tert-OH is 1. The molecule has 2 rings (SSSR count). The van der Waals surface area contributed by atoms with Crippen LogP contribution in [0.2, 0.25) is 0 Å². The van der Waals surface area contributed by atoms with Gasteiger partial charge >= 0.3 is 0 Å². The van der Waals surface area contributed by atoms with Crippen LogP contribution in [0.25, 0.3) is 0 Å². The molecule has 1 aromatic carbocycles. The van der Waals surface area contributed by atoms with Gasteiger partial charge in [0, 0.05) is 44.6 Å². The van der Waals surface area contributed by atoms with Gasteiger partial charge in [-0.3, -0.25) is 4.79 Å². The maximum absolute atomic E-state index is 11.3. The molecule has 1 saturated heterocycles. The van der Waals surface area contributed by atoms with Crippen molar-refractivity contribution < 1.29 is 9.90 Å². The van der Waals surface area contributed by atoms with E-state index in [1.807, 2.05) is 19.2 Å². The number of nitrogens with one attached hydrogen (secondary N) is 1. The highest BCUT2D eigenvalue weighted by molar-refractivity contribution is 5.77. The molecule has 0 aromatic heterocycles. The fraction of sp³-hybridized carbons (Fsp3) is 0.462. The molecule has 1 aliphatic heterocycles. The second kappa shape index (κ2) is 5.73. The summed E-state index contributed by atoms with van der Waals surface area (Å²) in [4.78, 5) is 15.3. The van der Waals surface area contributed by atoms with Crippen molar-refractivity contribution in [1.82, 2.24) is 4.90 Å². The van der Waals surface area contributed by atoms with Gasteiger partial charge in [0.05, 0.1) is 0 Å². The van der Waals surface area contributed by atoms with Gasteiger partial charge in [0.15, 0.2) is 0 Å². The third-order valence-corrected chi connectivity index (χ3v) is 3.29. The first-order valence-electron chi connectivity index (χ1n) is 6.16. The molecular weight excluding hydrogens is 230 g/mol. The summed E-state index contributed by atoms with van der Waals surface area (Å²) >= 11 is 0. The van der Waals surface area contributed by atoms with Crippen LogP contribution in [0.5, 0.6) is 0 Å². The van der Waals surface area contributed by atoms with Gasteiger partial charge in [0.1, 0.15) is 6.61 Å². The van der Waals surface area contributed by atoms with Crippen molar-refractivity contribution in [3.63, 3.8) is 0 Å². The lowest BCUT2D eigenvalue weighted by Crippen LogP contribution is -2.49. The SMILES string of the molecule is CNc1ccc(N2CCN(C(=O)CO)CC2)cc1. The van der Waals surface area contributed by atoms with Crippen LogP contribution in [0.15, 0.2) is 24.3 Å². The molecule has 0 aliphatic carbocycles. The van der Waals surface area contributed by atoms with Gasteiger partial charge in [-0.25, -0.2) is 0 Å². The second-order valence-electron chi connectivity index (χ2n) is 4.32. The Labute approximate surface area is 107 Å². The van der Waals surface area contributed by atoms with Crippen molar-refractivity contribution in [2.45, 2.75) is 0 Å². The number of benzene rings is 1. The number of piperazine rings is 1. The van der Waals surface area contributed by atoms with Crippen LogP contribution in [0.1, 0.15) is 0 Å². The molecule has 1 aliphatic rings. The number of hydrogen-bond acceptors (Lipinski definition) is 4. The number of hydrogen-bond donors (Lipinski definition) is 2. The summed E-state index contributed by atoms with van der Waals surface area (Å²) in [6, 6.07) is 8.24. The maximum Gasteiger partial charge on any atom is 0.248 e. The largest absolute Gasteiger partial charge is 0.388 e. The van der Waals surface area contributed by atoms with E-state index in [-0.39, 0.29) is 5.91 Å². The number of rotatable bonds is 3. The Balaban J connectivity index is 1.94. The Kier molecular flexibility index (Phi) is 4.04. The van der Waals surface area contributed by atoms with E-state index in [1.54, 1.807) is 4.90 Å². The van der Waals surface area contributed by atoms with Gasteiger partial charge in [0.2, 0.25) is 5.91 Å². The molecule has 0 spiro atoms. The summed E-state index contributed by atoms with van der Waals surface area (Å²) in [6.07, 6.45) is 0. The van der Waals surface area contributed by atoms with Crippen molar-refractivity contribution in [2.75, 3.05) is 50.1 Å². The van der Waals surface area contributed by atoms with Crippen molar-refractivity contribution in [3.05, 3.63) is 24.3 Å². The van der Waals surface area contributed by atoms with E-state index in [0.29, 0.717) is 13.1 Å². The fourth-order valence-electron chi connectivity index (χ4n) is 2.15. The lowest BCUT2D eigenvalue weighted by atomic mass is 10.2. The van der Waals surface area contributed by atoms with Gasteiger partial charge in [-0.1, -0.05) is 0 Å². The highest BCUT2D eigenvalue weighted by atomic mass is 16.3. The van der Waals surface area contributed by atoms with Gasteiger partial charge in [-0.15, -0.1) is 0 Å². The van der Waals surface area contributed by atoms with E-state index in [1.165, 1.54) is 5.69 Å². The van der Waals surface area contributed by atoms with E-state index in [4.69, 9.17) is 5.11 Å². The van der Waals surface area contributed by atoms with Crippen LogP contribution in [-0.4, -0.2) is 55.7 Å². The summed E-state index contributed by atoms with van der Waals surface area (Å²) in [5, 5.41) is 11.9. The van der Waals surface area contributed by atoms with Gasteiger partial charge in [-0.2, -0.15) is 0 Å². The molecule has 0 unspecified atom stereocenters. The number of nitrogens with zero attached hydrogens (tertiary/aromatic N) is 2. The molecule has 0 radical (unpaired) electrons. The van der Waals surface area contributed by atoms with Crippen LogP contribution in [0, 0.1) is 0 Å². The predicted molar refractivity (Wildman–Crippen MR) is 71.9 cm³/mol. The Hall–Kier alpha value is -1.75. The number of amides is 1. The second-order valence-corrected chi connectivity index (χ2v) is 4.32. The van der Waals surface area contributed by atoms with Crippen LogP contribution in [0.4, 0.5) is 11.4 Å². The first-order valence-corrected chi connectivity index (χ1v) is 6.16. The third-order valence-electron chi connectivity index (χ3n) is 3.29. The smallest absolute Gasteiger partial charge is 0.248 e. The number of carbonyl (C=O) groups excluding carboxylic acids is 1. The first kappa shape index (κ1) is 12.7. The summed E-state index contributed by atoms with van der Waals surface area (Å²) in [5.74, 6) is -0.180.